The molecule has 0 aliphatic heterocycles. The largest absolute Gasteiger partial charge is 0.122 e. The quantitative estimate of drug-likeness (QED) is 0.586. The second kappa shape index (κ2) is 5.57. The second-order valence-electron chi connectivity index (χ2n) is 5.88. The Morgan fingerprint density at radius 2 is 1.73 bits per heavy atom. The molecule has 1 aliphatic rings. The first-order valence-electron chi connectivity index (χ1n) is 6.61. The molecule has 0 heterocycles. The van der Waals surface area contributed by atoms with Gasteiger partial charge < -0.3 is 0 Å². The van der Waals surface area contributed by atoms with E-state index < -0.39 is 0 Å². The highest BCUT2D eigenvalue weighted by molar-refractivity contribution is 6.21. The first kappa shape index (κ1) is 13.4. The van der Waals surface area contributed by atoms with Crippen molar-refractivity contribution in [2.45, 2.75) is 59.3 Å². The van der Waals surface area contributed by atoms with E-state index in [0.717, 1.165) is 17.8 Å². The standard InChI is InChI=1S/C14H27Cl/c1-6-10(3)14(15)12(5)11(4)13-7-9(2)8-13/h9-14H,6-8H2,1-5H3. The molecular weight excluding hydrogens is 204 g/mol. The van der Waals surface area contributed by atoms with Gasteiger partial charge in [0, 0.05) is 5.38 Å². The molecule has 0 aromatic heterocycles. The summed E-state index contributed by atoms with van der Waals surface area (Å²) in [5.41, 5.74) is 0. The molecule has 1 fully saturated rings. The normalized spacial score (nSPS) is 34.0. The van der Waals surface area contributed by atoms with Crippen molar-refractivity contribution in [3.8, 4) is 0 Å². The first-order valence-corrected chi connectivity index (χ1v) is 7.05. The minimum atomic E-state index is 0.362. The lowest BCUT2D eigenvalue weighted by molar-refractivity contribution is 0.104. The summed E-state index contributed by atoms with van der Waals surface area (Å²) in [4.78, 5) is 0. The molecule has 1 saturated carbocycles. The Hall–Kier alpha value is 0.290. The molecule has 0 N–H and O–H groups in total. The van der Waals surface area contributed by atoms with E-state index in [1.807, 2.05) is 0 Å². The lowest BCUT2D eigenvalue weighted by Gasteiger charge is -2.41. The molecule has 0 nitrogen and oxygen atoms in total. The predicted octanol–water partition coefficient (Wildman–Crippen LogP) is 4.96. The van der Waals surface area contributed by atoms with Crippen LogP contribution in [0, 0.1) is 29.6 Å². The molecule has 0 aromatic rings. The molecule has 0 radical (unpaired) electrons. The van der Waals surface area contributed by atoms with Gasteiger partial charge in [-0.1, -0.05) is 41.0 Å². The van der Waals surface area contributed by atoms with Gasteiger partial charge in [-0.15, -0.1) is 11.6 Å². The van der Waals surface area contributed by atoms with Gasteiger partial charge in [0.25, 0.3) is 0 Å². The van der Waals surface area contributed by atoms with Gasteiger partial charge in [0.2, 0.25) is 0 Å². The number of rotatable bonds is 5. The van der Waals surface area contributed by atoms with Crippen LogP contribution in [-0.4, -0.2) is 5.38 Å². The monoisotopic (exact) mass is 230 g/mol. The van der Waals surface area contributed by atoms with Crippen LogP contribution in [0.2, 0.25) is 0 Å². The minimum Gasteiger partial charge on any atom is -0.122 e. The van der Waals surface area contributed by atoms with Crippen molar-refractivity contribution in [3.63, 3.8) is 0 Å². The van der Waals surface area contributed by atoms with Gasteiger partial charge in [0.05, 0.1) is 0 Å². The van der Waals surface area contributed by atoms with E-state index in [1.54, 1.807) is 0 Å². The topological polar surface area (TPSA) is 0 Å². The fourth-order valence-corrected chi connectivity index (χ4v) is 3.26. The summed E-state index contributed by atoms with van der Waals surface area (Å²) in [5.74, 6) is 4.03. The average Bonchev–Trinajstić information content (AvgIpc) is 2.20. The Morgan fingerprint density at radius 3 is 2.13 bits per heavy atom. The third kappa shape index (κ3) is 3.12. The van der Waals surface area contributed by atoms with E-state index in [9.17, 15) is 0 Å². The van der Waals surface area contributed by atoms with E-state index in [-0.39, 0.29) is 0 Å². The van der Waals surface area contributed by atoms with Crippen LogP contribution in [0.15, 0.2) is 0 Å². The molecule has 0 saturated heterocycles. The van der Waals surface area contributed by atoms with Gasteiger partial charge in [0.15, 0.2) is 0 Å². The van der Waals surface area contributed by atoms with Crippen LogP contribution < -0.4 is 0 Å². The zero-order chi connectivity index (χ0) is 11.6. The third-order valence-electron chi connectivity index (χ3n) is 4.67. The van der Waals surface area contributed by atoms with Gasteiger partial charge >= 0.3 is 0 Å². The molecule has 1 rings (SSSR count). The van der Waals surface area contributed by atoms with Crippen LogP contribution in [0.5, 0.6) is 0 Å². The number of halogens is 1. The SMILES string of the molecule is CCC(C)C(Cl)C(C)C(C)C1CC(C)C1. The fraction of sp³-hybridized carbons (Fsp3) is 1.00. The molecule has 0 amide bonds. The smallest absolute Gasteiger partial charge is 0.0389 e. The van der Waals surface area contributed by atoms with E-state index >= 15 is 0 Å². The minimum absolute atomic E-state index is 0.362. The van der Waals surface area contributed by atoms with E-state index in [1.165, 1.54) is 19.3 Å². The maximum Gasteiger partial charge on any atom is 0.0389 e. The highest BCUT2D eigenvalue weighted by atomic mass is 35.5. The van der Waals surface area contributed by atoms with E-state index in [2.05, 4.69) is 34.6 Å². The zero-order valence-corrected chi connectivity index (χ0v) is 11.7. The van der Waals surface area contributed by atoms with Crippen LogP contribution >= 0.6 is 11.6 Å². The van der Waals surface area contributed by atoms with Crippen molar-refractivity contribution in [3.05, 3.63) is 0 Å². The van der Waals surface area contributed by atoms with Gasteiger partial charge in [-0.2, -0.15) is 0 Å². The summed E-state index contributed by atoms with van der Waals surface area (Å²) in [6, 6.07) is 0. The Bertz CT molecular complexity index is 184. The van der Waals surface area contributed by atoms with Gasteiger partial charge in [-0.25, -0.2) is 0 Å². The van der Waals surface area contributed by atoms with Crippen LogP contribution in [0.4, 0.5) is 0 Å². The van der Waals surface area contributed by atoms with Gasteiger partial charge in [-0.3, -0.25) is 0 Å². The van der Waals surface area contributed by atoms with Crippen LogP contribution in [0.25, 0.3) is 0 Å². The Balaban J connectivity index is 2.41. The summed E-state index contributed by atoms with van der Waals surface area (Å²) in [6.45, 7) is 11.6. The third-order valence-corrected chi connectivity index (χ3v) is 5.50. The van der Waals surface area contributed by atoms with Crippen molar-refractivity contribution in [1.29, 1.82) is 0 Å². The fourth-order valence-electron chi connectivity index (χ4n) is 2.86. The molecule has 15 heavy (non-hydrogen) atoms. The van der Waals surface area contributed by atoms with Crippen LogP contribution in [0.1, 0.15) is 53.9 Å². The molecule has 4 atom stereocenters. The average molecular weight is 231 g/mol. The lowest BCUT2D eigenvalue weighted by Crippen LogP contribution is -2.35. The molecule has 1 aliphatic carbocycles. The number of alkyl halides is 1. The summed E-state index contributed by atoms with van der Waals surface area (Å²) in [5, 5.41) is 0.362. The van der Waals surface area contributed by atoms with E-state index in [4.69, 9.17) is 11.6 Å². The molecular formula is C14H27Cl. The highest BCUT2D eigenvalue weighted by Gasteiger charge is 2.35. The first-order chi connectivity index (χ1) is 6.97. The Labute approximate surface area is 101 Å². The highest BCUT2D eigenvalue weighted by Crippen LogP contribution is 2.43. The Morgan fingerprint density at radius 1 is 1.20 bits per heavy atom. The second-order valence-corrected chi connectivity index (χ2v) is 6.39. The van der Waals surface area contributed by atoms with Gasteiger partial charge in [-0.05, 0) is 42.4 Å². The predicted molar refractivity (Wildman–Crippen MR) is 69.3 cm³/mol. The maximum absolute atomic E-state index is 6.54. The van der Waals surface area contributed by atoms with Crippen molar-refractivity contribution in [2.24, 2.45) is 29.6 Å². The van der Waals surface area contributed by atoms with Crippen molar-refractivity contribution in [1.82, 2.24) is 0 Å². The lowest BCUT2D eigenvalue weighted by atomic mass is 9.65. The molecule has 0 spiro atoms. The van der Waals surface area contributed by atoms with Crippen LogP contribution in [0.3, 0.4) is 0 Å². The molecule has 90 valence electrons. The van der Waals surface area contributed by atoms with Crippen molar-refractivity contribution in [2.75, 3.05) is 0 Å². The number of hydrogen-bond donors (Lipinski definition) is 0. The summed E-state index contributed by atoms with van der Waals surface area (Å²) < 4.78 is 0. The summed E-state index contributed by atoms with van der Waals surface area (Å²) in [7, 11) is 0. The summed E-state index contributed by atoms with van der Waals surface area (Å²) >= 11 is 6.54. The Kier molecular flexibility index (Phi) is 4.96. The van der Waals surface area contributed by atoms with Crippen molar-refractivity contribution >= 4 is 11.6 Å². The summed E-state index contributed by atoms with van der Waals surface area (Å²) in [6.07, 6.45) is 4.05. The van der Waals surface area contributed by atoms with Gasteiger partial charge in [0.1, 0.15) is 0 Å². The molecule has 0 aromatic carbocycles. The molecule has 4 unspecified atom stereocenters. The van der Waals surface area contributed by atoms with E-state index in [0.29, 0.717) is 17.2 Å². The van der Waals surface area contributed by atoms with Crippen molar-refractivity contribution < 1.29 is 0 Å². The maximum atomic E-state index is 6.54. The number of hydrogen-bond acceptors (Lipinski definition) is 0. The molecule has 0 bridgehead atoms. The van der Waals surface area contributed by atoms with Crippen LogP contribution in [-0.2, 0) is 0 Å². The molecule has 1 heteroatoms. The zero-order valence-electron chi connectivity index (χ0n) is 11.0.